The first-order valence-electron chi connectivity index (χ1n) is 8.29. The molecule has 0 aliphatic carbocycles. The van der Waals surface area contributed by atoms with Crippen molar-refractivity contribution < 1.29 is 17.9 Å². The number of nitrogens with zero attached hydrogens (tertiary/aromatic N) is 1. The van der Waals surface area contributed by atoms with Crippen LogP contribution in [0.3, 0.4) is 0 Å². The van der Waals surface area contributed by atoms with E-state index in [-0.39, 0.29) is 10.8 Å². The Balaban J connectivity index is 1.67. The van der Waals surface area contributed by atoms with Gasteiger partial charge in [-0.3, -0.25) is 9.69 Å². The van der Waals surface area contributed by atoms with Gasteiger partial charge in [-0.1, -0.05) is 48.2 Å². The minimum atomic E-state index is -3.71. The van der Waals surface area contributed by atoms with Gasteiger partial charge in [-0.2, -0.15) is 0 Å². The van der Waals surface area contributed by atoms with Crippen molar-refractivity contribution in [3.63, 3.8) is 0 Å². The first-order valence-corrected chi connectivity index (χ1v) is 11.1. The number of primary sulfonamides is 1. The maximum Gasteiger partial charge on any atom is 0.266 e. The molecule has 0 aromatic heterocycles. The molecule has 6 nitrogen and oxygen atoms in total. The molecule has 0 unspecified atom stereocenters. The zero-order chi connectivity index (χ0) is 20.3. The van der Waals surface area contributed by atoms with Gasteiger partial charge in [0.15, 0.2) is 0 Å². The Hall–Kier alpha value is -2.20. The third-order valence-corrected chi connectivity index (χ3v) is 6.47. The molecular weight excluding hydrogens is 416 g/mol. The molecule has 1 aliphatic rings. The van der Waals surface area contributed by atoms with Gasteiger partial charge in [0.05, 0.1) is 16.9 Å². The summed E-state index contributed by atoms with van der Waals surface area (Å²) in [5, 5.41) is 5.10. The Morgan fingerprint density at radius 2 is 1.79 bits per heavy atom. The average molecular weight is 435 g/mol. The quantitative estimate of drug-likeness (QED) is 0.555. The third-order valence-electron chi connectivity index (χ3n) is 4.16. The van der Waals surface area contributed by atoms with Crippen LogP contribution in [0.4, 0.5) is 0 Å². The van der Waals surface area contributed by atoms with E-state index in [1.54, 1.807) is 30.2 Å². The van der Waals surface area contributed by atoms with Crippen molar-refractivity contribution in [1.29, 1.82) is 0 Å². The highest BCUT2D eigenvalue weighted by Crippen LogP contribution is 2.32. The summed E-state index contributed by atoms with van der Waals surface area (Å²) in [4.78, 5) is 14.9. The maximum absolute atomic E-state index is 12.7. The predicted octanol–water partition coefficient (Wildman–Crippen LogP) is 2.79. The number of rotatable bonds is 6. The molecule has 1 amide bonds. The van der Waals surface area contributed by atoms with Gasteiger partial charge in [0.2, 0.25) is 10.0 Å². The normalized spacial score (nSPS) is 16.1. The van der Waals surface area contributed by atoms with Gasteiger partial charge in [0.25, 0.3) is 5.91 Å². The Morgan fingerprint density at radius 3 is 2.36 bits per heavy atom. The topological polar surface area (TPSA) is 89.7 Å². The summed E-state index contributed by atoms with van der Waals surface area (Å²) in [5.74, 6) is 0.616. The van der Waals surface area contributed by atoms with Crippen LogP contribution in [0.15, 0.2) is 58.3 Å². The van der Waals surface area contributed by atoms with E-state index in [9.17, 15) is 13.2 Å². The van der Waals surface area contributed by atoms with Gasteiger partial charge in [0, 0.05) is 6.54 Å². The lowest BCUT2D eigenvalue weighted by atomic mass is 10.1. The van der Waals surface area contributed by atoms with Crippen LogP contribution in [0.5, 0.6) is 5.75 Å². The van der Waals surface area contributed by atoms with Gasteiger partial charge in [-0.15, -0.1) is 0 Å². The Morgan fingerprint density at radius 1 is 1.14 bits per heavy atom. The first kappa shape index (κ1) is 20.5. The van der Waals surface area contributed by atoms with E-state index in [0.717, 1.165) is 16.9 Å². The number of thioether (sulfide) groups is 1. The van der Waals surface area contributed by atoms with Crippen LogP contribution in [0.1, 0.15) is 11.1 Å². The van der Waals surface area contributed by atoms with Crippen LogP contribution < -0.4 is 9.88 Å². The minimum absolute atomic E-state index is 0.0595. The number of amides is 1. The Kier molecular flexibility index (Phi) is 6.19. The third kappa shape index (κ3) is 4.79. The number of thiocarbonyl (C=S) groups is 1. The molecule has 3 rings (SSSR count). The van der Waals surface area contributed by atoms with Gasteiger partial charge in [-0.05, 0) is 47.9 Å². The van der Waals surface area contributed by atoms with Crippen LogP contribution in [0, 0.1) is 0 Å². The van der Waals surface area contributed by atoms with E-state index in [2.05, 4.69) is 0 Å². The second kappa shape index (κ2) is 8.44. The van der Waals surface area contributed by atoms with Gasteiger partial charge >= 0.3 is 0 Å². The maximum atomic E-state index is 12.7. The second-order valence-corrected chi connectivity index (χ2v) is 9.28. The number of carbonyl (C=O) groups is 1. The molecule has 0 bridgehead atoms. The molecule has 0 saturated carbocycles. The molecule has 9 heteroatoms. The van der Waals surface area contributed by atoms with Gasteiger partial charge in [0.1, 0.15) is 10.1 Å². The van der Waals surface area contributed by atoms with E-state index < -0.39 is 10.0 Å². The fourth-order valence-electron chi connectivity index (χ4n) is 2.63. The minimum Gasteiger partial charge on any atom is -0.497 e. The SMILES string of the molecule is COc1ccc(/C=C2/SC(=S)N(CCc3ccc(S(N)(=O)=O)cc3)C2=O)cc1. The monoisotopic (exact) mass is 434 g/mol. The van der Waals surface area contributed by atoms with Crippen molar-refractivity contribution in [2.75, 3.05) is 13.7 Å². The molecule has 1 fully saturated rings. The number of carbonyl (C=O) groups excluding carboxylic acids is 1. The van der Waals surface area contributed by atoms with Crippen molar-refractivity contribution in [2.24, 2.45) is 5.14 Å². The fraction of sp³-hybridized carbons (Fsp3) is 0.158. The standard InChI is InChI=1S/C19H18N2O4S3/c1-25-15-6-2-14(3-7-15)12-17-18(22)21(19(26)27-17)11-10-13-4-8-16(9-5-13)28(20,23)24/h2-9,12H,10-11H2,1H3,(H2,20,23,24)/b17-12+. The molecule has 146 valence electrons. The van der Waals surface area contributed by atoms with Gasteiger partial charge in [-0.25, -0.2) is 13.6 Å². The summed E-state index contributed by atoms with van der Waals surface area (Å²) in [6.45, 7) is 0.416. The van der Waals surface area contributed by atoms with Crippen LogP contribution in [-0.4, -0.2) is 37.2 Å². The van der Waals surface area contributed by atoms with E-state index >= 15 is 0 Å². The lowest BCUT2D eigenvalue weighted by molar-refractivity contribution is -0.122. The lowest BCUT2D eigenvalue weighted by Crippen LogP contribution is -2.30. The van der Waals surface area contributed by atoms with Crippen LogP contribution in [0.2, 0.25) is 0 Å². The van der Waals surface area contributed by atoms with Crippen molar-refractivity contribution >= 4 is 50.3 Å². The molecule has 0 atom stereocenters. The van der Waals surface area contributed by atoms with Crippen LogP contribution in [-0.2, 0) is 21.2 Å². The highest BCUT2D eigenvalue weighted by molar-refractivity contribution is 8.26. The number of benzene rings is 2. The average Bonchev–Trinajstić information content (AvgIpc) is 2.93. The highest BCUT2D eigenvalue weighted by Gasteiger charge is 2.31. The number of ether oxygens (including phenoxy) is 1. The van der Waals surface area contributed by atoms with Crippen LogP contribution >= 0.6 is 24.0 Å². The van der Waals surface area contributed by atoms with Crippen molar-refractivity contribution in [3.8, 4) is 5.75 Å². The molecule has 1 aliphatic heterocycles. The number of sulfonamides is 1. The lowest BCUT2D eigenvalue weighted by Gasteiger charge is -2.14. The zero-order valence-electron chi connectivity index (χ0n) is 15.0. The smallest absolute Gasteiger partial charge is 0.266 e. The first-order chi connectivity index (χ1) is 13.3. The fourth-order valence-corrected chi connectivity index (χ4v) is 4.45. The van der Waals surface area contributed by atoms with E-state index in [1.165, 1.54) is 23.9 Å². The number of hydrogen-bond donors (Lipinski definition) is 1. The Labute approximate surface area is 173 Å². The van der Waals surface area contributed by atoms with Crippen molar-refractivity contribution in [3.05, 3.63) is 64.6 Å². The summed E-state index contributed by atoms with van der Waals surface area (Å²) < 4.78 is 28.3. The molecular formula is C19H18N2O4S3. The zero-order valence-corrected chi connectivity index (χ0v) is 17.4. The van der Waals surface area contributed by atoms with Crippen molar-refractivity contribution in [1.82, 2.24) is 4.90 Å². The molecule has 1 saturated heterocycles. The predicted molar refractivity (Wildman–Crippen MR) is 114 cm³/mol. The second-order valence-electron chi connectivity index (χ2n) is 6.05. The summed E-state index contributed by atoms with van der Waals surface area (Å²) in [6, 6.07) is 13.7. The number of hydrogen-bond acceptors (Lipinski definition) is 6. The molecule has 1 heterocycles. The van der Waals surface area contributed by atoms with E-state index in [1.807, 2.05) is 24.3 Å². The molecule has 2 aromatic carbocycles. The summed E-state index contributed by atoms with van der Waals surface area (Å²) >= 11 is 6.62. The number of nitrogens with two attached hydrogens (primary N) is 1. The Bertz CT molecular complexity index is 1030. The van der Waals surface area contributed by atoms with E-state index in [4.69, 9.17) is 22.1 Å². The number of methoxy groups -OCH3 is 1. The molecule has 0 spiro atoms. The molecule has 0 radical (unpaired) electrons. The summed E-state index contributed by atoms with van der Waals surface area (Å²) in [5.41, 5.74) is 1.78. The molecule has 28 heavy (non-hydrogen) atoms. The summed E-state index contributed by atoms with van der Waals surface area (Å²) in [6.07, 6.45) is 2.35. The van der Waals surface area contributed by atoms with Gasteiger partial charge < -0.3 is 4.74 Å². The van der Waals surface area contributed by atoms with E-state index in [0.29, 0.717) is 22.2 Å². The largest absolute Gasteiger partial charge is 0.497 e. The molecule has 2 aromatic rings. The highest BCUT2D eigenvalue weighted by atomic mass is 32.2. The van der Waals surface area contributed by atoms with Crippen LogP contribution in [0.25, 0.3) is 6.08 Å². The molecule has 2 N–H and O–H groups in total. The summed E-state index contributed by atoms with van der Waals surface area (Å²) in [7, 11) is -2.11. The van der Waals surface area contributed by atoms with Crippen molar-refractivity contribution in [2.45, 2.75) is 11.3 Å².